The number of carbonyl (C=O) groups is 3. The number of amides is 1. The van der Waals surface area contributed by atoms with Crippen LogP contribution in [0.3, 0.4) is 0 Å². The average molecular weight is 381 g/mol. The third-order valence-corrected chi connectivity index (χ3v) is 4.16. The largest absolute Gasteiger partial charge is 0.454 e. The summed E-state index contributed by atoms with van der Waals surface area (Å²) in [6, 6.07) is 10.1. The lowest BCUT2D eigenvalue weighted by Crippen LogP contribution is -2.22. The van der Waals surface area contributed by atoms with Crippen LogP contribution in [0.1, 0.15) is 27.8 Å². The summed E-state index contributed by atoms with van der Waals surface area (Å²) < 4.78 is 15.5. The maximum atomic E-state index is 12.2. The fraction of sp³-hybridized carbons (Fsp3) is 0.158. The zero-order chi connectivity index (χ0) is 19.7. The number of nitrogens with zero attached hydrogens (tertiary/aromatic N) is 1. The van der Waals surface area contributed by atoms with Gasteiger partial charge in [0, 0.05) is 17.0 Å². The molecule has 1 aromatic heterocycles. The molecule has 0 fully saturated rings. The van der Waals surface area contributed by atoms with Crippen molar-refractivity contribution in [1.82, 2.24) is 10.2 Å². The molecule has 2 aromatic carbocycles. The number of ether oxygens (including phenoxy) is 3. The molecule has 0 bridgehead atoms. The SMILES string of the molecule is CC(=O)c1cc2c(cc1NC(=O)COC(=O)c1n[nH]c3ccccc13)OCO2. The van der Waals surface area contributed by atoms with Crippen molar-refractivity contribution in [1.29, 1.82) is 0 Å². The standard InChI is InChI=1S/C19H15N3O6/c1-10(23)12-6-15-16(28-9-27-15)7-14(12)20-17(24)8-26-19(25)18-11-4-2-3-5-13(11)21-22-18/h2-7H,8-9H2,1H3,(H,20,24)(H,21,22). The molecule has 3 aromatic rings. The maximum Gasteiger partial charge on any atom is 0.359 e. The highest BCUT2D eigenvalue weighted by Gasteiger charge is 2.21. The quantitative estimate of drug-likeness (QED) is 0.514. The van der Waals surface area contributed by atoms with Crippen LogP contribution >= 0.6 is 0 Å². The molecule has 0 spiro atoms. The molecule has 1 amide bonds. The zero-order valence-electron chi connectivity index (χ0n) is 14.8. The summed E-state index contributed by atoms with van der Waals surface area (Å²) in [7, 11) is 0. The molecule has 0 aliphatic carbocycles. The molecule has 2 heterocycles. The average Bonchev–Trinajstić information content (AvgIpc) is 3.31. The van der Waals surface area contributed by atoms with Crippen LogP contribution in [0.4, 0.5) is 5.69 Å². The molecule has 28 heavy (non-hydrogen) atoms. The molecule has 0 radical (unpaired) electrons. The van der Waals surface area contributed by atoms with Crippen LogP contribution in [0.15, 0.2) is 36.4 Å². The van der Waals surface area contributed by atoms with E-state index in [-0.39, 0.29) is 29.5 Å². The minimum Gasteiger partial charge on any atom is -0.454 e. The van der Waals surface area contributed by atoms with E-state index in [9.17, 15) is 14.4 Å². The van der Waals surface area contributed by atoms with Gasteiger partial charge >= 0.3 is 5.97 Å². The van der Waals surface area contributed by atoms with Crippen LogP contribution in [0.2, 0.25) is 0 Å². The molecule has 0 saturated heterocycles. The van der Waals surface area contributed by atoms with Gasteiger partial charge in [-0.3, -0.25) is 14.7 Å². The summed E-state index contributed by atoms with van der Waals surface area (Å²) in [6.07, 6.45) is 0. The number of nitrogens with one attached hydrogen (secondary N) is 2. The minimum absolute atomic E-state index is 0.0410. The maximum absolute atomic E-state index is 12.2. The minimum atomic E-state index is -0.731. The number of Topliss-reactive ketones (excluding diaryl/α,β-unsaturated/α-hetero) is 1. The van der Waals surface area contributed by atoms with Gasteiger partial charge in [0.05, 0.1) is 11.2 Å². The first-order valence-electron chi connectivity index (χ1n) is 8.37. The summed E-state index contributed by atoms with van der Waals surface area (Å²) in [5, 5.41) is 9.81. The van der Waals surface area contributed by atoms with E-state index in [4.69, 9.17) is 14.2 Å². The van der Waals surface area contributed by atoms with E-state index >= 15 is 0 Å². The van der Waals surface area contributed by atoms with E-state index in [0.29, 0.717) is 22.4 Å². The number of H-pyrrole nitrogens is 1. The number of esters is 1. The Hall–Kier alpha value is -3.88. The zero-order valence-corrected chi connectivity index (χ0v) is 14.8. The van der Waals surface area contributed by atoms with Crippen molar-refractivity contribution in [3.8, 4) is 11.5 Å². The third-order valence-electron chi connectivity index (χ3n) is 4.16. The smallest absolute Gasteiger partial charge is 0.359 e. The van der Waals surface area contributed by atoms with Crippen molar-refractivity contribution in [3.63, 3.8) is 0 Å². The molecular formula is C19H15N3O6. The summed E-state index contributed by atoms with van der Waals surface area (Å²) in [6.45, 7) is 0.876. The van der Waals surface area contributed by atoms with Crippen LogP contribution in [0.5, 0.6) is 11.5 Å². The van der Waals surface area contributed by atoms with E-state index in [2.05, 4.69) is 15.5 Å². The summed E-state index contributed by atoms with van der Waals surface area (Å²) in [4.78, 5) is 36.3. The number of ketones is 1. The Balaban J connectivity index is 1.45. The Labute approximate surface area is 158 Å². The van der Waals surface area contributed by atoms with Gasteiger partial charge in [0.25, 0.3) is 5.91 Å². The Kier molecular flexibility index (Phi) is 4.40. The fourth-order valence-electron chi connectivity index (χ4n) is 2.84. The van der Waals surface area contributed by atoms with Gasteiger partial charge in [-0.05, 0) is 19.1 Å². The number of aromatic nitrogens is 2. The molecule has 0 atom stereocenters. The fourth-order valence-corrected chi connectivity index (χ4v) is 2.84. The number of aromatic amines is 1. The second kappa shape index (κ2) is 7.03. The molecule has 2 N–H and O–H groups in total. The van der Waals surface area contributed by atoms with Gasteiger partial charge in [0.2, 0.25) is 6.79 Å². The van der Waals surface area contributed by atoms with Gasteiger partial charge < -0.3 is 19.5 Å². The van der Waals surface area contributed by atoms with Gasteiger partial charge in [-0.25, -0.2) is 4.79 Å². The molecule has 1 aliphatic rings. The first-order valence-corrected chi connectivity index (χ1v) is 8.37. The summed E-state index contributed by atoms with van der Waals surface area (Å²) in [5.74, 6) is -0.742. The number of fused-ring (bicyclic) bond motifs is 2. The van der Waals surface area contributed by atoms with Crippen molar-refractivity contribution < 1.29 is 28.6 Å². The molecule has 9 nitrogen and oxygen atoms in total. The highest BCUT2D eigenvalue weighted by Crippen LogP contribution is 2.37. The van der Waals surface area contributed by atoms with Crippen molar-refractivity contribution in [2.75, 3.05) is 18.7 Å². The first-order chi connectivity index (χ1) is 13.5. The third kappa shape index (κ3) is 3.25. The highest BCUT2D eigenvalue weighted by molar-refractivity contribution is 6.06. The topological polar surface area (TPSA) is 120 Å². The molecule has 1 aliphatic heterocycles. The molecule has 142 valence electrons. The van der Waals surface area contributed by atoms with Crippen LogP contribution in [-0.2, 0) is 9.53 Å². The van der Waals surface area contributed by atoms with Crippen LogP contribution in [0.25, 0.3) is 10.9 Å². The molecule has 0 unspecified atom stereocenters. The van der Waals surface area contributed by atoms with E-state index in [1.54, 1.807) is 24.3 Å². The number of carbonyl (C=O) groups excluding carboxylic acids is 3. The van der Waals surface area contributed by atoms with Crippen LogP contribution < -0.4 is 14.8 Å². The van der Waals surface area contributed by atoms with E-state index < -0.39 is 18.5 Å². The molecule has 0 saturated carbocycles. The Morgan fingerprint density at radius 1 is 1.18 bits per heavy atom. The van der Waals surface area contributed by atoms with Crippen molar-refractivity contribution in [2.24, 2.45) is 0 Å². The normalized spacial score (nSPS) is 12.0. The summed E-state index contributed by atoms with van der Waals surface area (Å²) >= 11 is 0. The van der Waals surface area contributed by atoms with Crippen molar-refractivity contribution >= 4 is 34.3 Å². The predicted octanol–water partition coefficient (Wildman–Crippen LogP) is 2.29. The number of para-hydroxylation sites is 1. The Bertz CT molecular complexity index is 1100. The first kappa shape index (κ1) is 17.5. The van der Waals surface area contributed by atoms with E-state index in [0.717, 1.165) is 0 Å². The number of hydrogen-bond donors (Lipinski definition) is 2. The Morgan fingerprint density at radius 2 is 1.93 bits per heavy atom. The molecular weight excluding hydrogens is 366 g/mol. The number of benzene rings is 2. The predicted molar refractivity (Wildman–Crippen MR) is 97.6 cm³/mol. The van der Waals surface area contributed by atoms with Crippen LogP contribution in [0, 0.1) is 0 Å². The van der Waals surface area contributed by atoms with E-state index in [1.807, 2.05) is 0 Å². The molecule has 4 rings (SSSR count). The number of hydrogen-bond acceptors (Lipinski definition) is 7. The van der Waals surface area contributed by atoms with Crippen LogP contribution in [-0.4, -0.2) is 41.3 Å². The lowest BCUT2D eigenvalue weighted by molar-refractivity contribution is -0.119. The number of rotatable bonds is 5. The van der Waals surface area contributed by atoms with Gasteiger partial charge in [0.1, 0.15) is 0 Å². The highest BCUT2D eigenvalue weighted by atomic mass is 16.7. The monoisotopic (exact) mass is 381 g/mol. The van der Waals surface area contributed by atoms with Gasteiger partial charge in [-0.1, -0.05) is 18.2 Å². The second-order valence-corrected chi connectivity index (χ2v) is 6.05. The molecule has 9 heteroatoms. The van der Waals surface area contributed by atoms with Crippen molar-refractivity contribution in [3.05, 3.63) is 47.7 Å². The van der Waals surface area contributed by atoms with Gasteiger partial charge in [-0.15, -0.1) is 0 Å². The number of anilines is 1. The van der Waals surface area contributed by atoms with E-state index in [1.165, 1.54) is 19.1 Å². The van der Waals surface area contributed by atoms with Gasteiger partial charge in [0.15, 0.2) is 29.6 Å². The van der Waals surface area contributed by atoms with Gasteiger partial charge in [-0.2, -0.15) is 5.10 Å². The lowest BCUT2D eigenvalue weighted by Gasteiger charge is -2.10. The summed E-state index contributed by atoms with van der Waals surface area (Å²) in [5.41, 5.74) is 1.30. The van der Waals surface area contributed by atoms with Crippen molar-refractivity contribution in [2.45, 2.75) is 6.92 Å². The lowest BCUT2D eigenvalue weighted by atomic mass is 10.1. The second-order valence-electron chi connectivity index (χ2n) is 6.05. The Morgan fingerprint density at radius 3 is 2.71 bits per heavy atom.